The number of ether oxygens (including phenoxy) is 1. The van der Waals surface area contributed by atoms with E-state index in [-0.39, 0.29) is 0 Å². The first-order chi connectivity index (χ1) is 6.74. The highest BCUT2D eigenvalue weighted by molar-refractivity contribution is 6.16. The Bertz CT molecular complexity index is 262. The molecule has 0 fully saturated rings. The highest BCUT2D eigenvalue weighted by atomic mass is 35.5. The van der Waals surface area contributed by atoms with E-state index in [1.165, 1.54) is 0 Å². The van der Waals surface area contributed by atoms with E-state index in [0.717, 1.165) is 19.0 Å². The summed E-state index contributed by atoms with van der Waals surface area (Å²) in [5, 5.41) is 7.65. The van der Waals surface area contributed by atoms with Gasteiger partial charge in [0.15, 0.2) is 0 Å². The molecule has 0 spiro atoms. The lowest BCUT2D eigenvalue weighted by Crippen LogP contribution is -2.10. The monoisotopic (exact) mass is 217 g/mol. The molecule has 1 aromatic rings. The van der Waals surface area contributed by atoms with Gasteiger partial charge in [-0.2, -0.15) is 0 Å². The van der Waals surface area contributed by atoms with E-state index >= 15 is 0 Å². The normalized spacial score (nSPS) is 11.1. The summed E-state index contributed by atoms with van der Waals surface area (Å²) in [5.41, 5.74) is 0. The number of nitrogens with zero attached hydrogens (tertiary/aromatic N) is 3. The predicted octanol–water partition coefficient (Wildman–Crippen LogP) is 1.69. The van der Waals surface area contributed by atoms with Crippen LogP contribution in [-0.2, 0) is 17.2 Å². The average Bonchev–Trinajstić information content (AvgIpc) is 2.59. The molecule has 0 saturated heterocycles. The van der Waals surface area contributed by atoms with Crippen molar-refractivity contribution >= 4 is 11.6 Å². The zero-order valence-electron chi connectivity index (χ0n) is 8.61. The van der Waals surface area contributed by atoms with Crippen LogP contribution in [0.15, 0.2) is 6.33 Å². The minimum absolute atomic E-state index is 0.393. The van der Waals surface area contributed by atoms with Gasteiger partial charge in [-0.15, -0.1) is 21.8 Å². The zero-order valence-corrected chi connectivity index (χ0v) is 9.37. The molecule has 0 aliphatic carbocycles. The van der Waals surface area contributed by atoms with Crippen molar-refractivity contribution < 1.29 is 4.74 Å². The van der Waals surface area contributed by atoms with Gasteiger partial charge in [-0.1, -0.05) is 13.8 Å². The Morgan fingerprint density at radius 2 is 2.36 bits per heavy atom. The highest BCUT2D eigenvalue weighted by Crippen LogP contribution is 1.99. The fourth-order valence-electron chi connectivity index (χ4n) is 1.05. The van der Waals surface area contributed by atoms with E-state index in [2.05, 4.69) is 24.0 Å². The van der Waals surface area contributed by atoms with E-state index in [0.29, 0.717) is 18.4 Å². The minimum atomic E-state index is 0.393. The molecule has 0 aliphatic heterocycles. The maximum absolute atomic E-state index is 5.67. The standard InChI is InChI=1S/C9H16ClN3O/c1-8(2)6-14-4-3-13-7-11-12-9(13)5-10/h7-8H,3-6H2,1-2H3. The highest BCUT2D eigenvalue weighted by Gasteiger charge is 2.01. The molecular formula is C9H16ClN3O. The Balaban J connectivity index is 2.24. The van der Waals surface area contributed by atoms with Crippen molar-refractivity contribution in [3.63, 3.8) is 0 Å². The topological polar surface area (TPSA) is 39.9 Å². The van der Waals surface area contributed by atoms with Gasteiger partial charge in [-0.05, 0) is 5.92 Å². The maximum Gasteiger partial charge on any atom is 0.147 e. The van der Waals surface area contributed by atoms with Gasteiger partial charge in [-0.25, -0.2) is 0 Å². The van der Waals surface area contributed by atoms with Gasteiger partial charge in [0.2, 0.25) is 0 Å². The lowest BCUT2D eigenvalue weighted by Gasteiger charge is -2.07. The number of hydrogen-bond acceptors (Lipinski definition) is 3. The van der Waals surface area contributed by atoms with E-state index in [9.17, 15) is 0 Å². The SMILES string of the molecule is CC(C)COCCn1cnnc1CCl. The molecule has 0 unspecified atom stereocenters. The van der Waals surface area contributed by atoms with Crippen LogP contribution in [0, 0.1) is 5.92 Å². The van der Waals surface area contributed by atoms with E-state index < -0.39 is 0 Å². The van der Waals surface area contributed by atoms with Gasteiger partial charge in [0, 0.05) is 13.2 Å². The second-order valence-electron chi connectivity index (χ2n) is 3.54. The summed E-state index contributed by atoms with van der Waals surface area (Å²) < 4.78 is 7.36. The number of aromatic nitrogens is 3. The molecule has 0 aliphatic rings. The third-order valence-corrected chi connectivity index (χ3v) is 1.98. The second-order valence-corrected chi connectivity index (χ2v) is 3.81. The Hall–Kier alpha value is -0.610. The Kier molecular flexibility index (Phi) is 4.90. The molecule has 0 atom stereocenters. The van der Waals surface area contributed by atoms with Crippen molar-refractivity contribution in [2.75, 3.05) is 13.2 Å². The van der Waals surface area contributed by atoms with E-state index in [1.54, 1.807) is 6.33 Å². The summed E-state index contributed by atoms with van der Waals surface area (Å²) in [6.45, 7) is 6.49. The van der Waals surface area contributed by atoms with Crippen LogP contribution in [-0.4, -0.2) is 28.0 Å². The Morgan fingerprint density at radius 1 is 1.57 bits per heavy atom. The molecule has 0 bridgehead atoms. The minimum Gasteiger partial charge on any atom is -0.379 e. The van der Waals surface area contributed by atoms with E-state index in [1.807, 2.05) is 4.57 Å². The summed E-state index contributed by atoms with van der Waals surface area (Å²) in [6.07, 6.45) is 1.68. The molecule has 1 heterocycles. The van der Waals surface area contributed by atoms with Gasteiger partial charge in [0.25, 0.3) is 0 Å². The first-order valence-corrected chi connectivity index (χ1v) is 5.28. The predicted molar refractivity (Wildman–Crippen MR) is 55.2 cm³/mol. The lowest BCUT2D eigenvalue weighted by atomic mass is 10.2. The quantitative estimate of drug-likeness (QED) is 0.538. The second kappa shape index (κ2) is 5.98. The summed E-state index contributed by atoms with van der Waals surface area (Å²) >= 11 is 5.67. The van der Waals surface area contributed by atoms with Gasteiger partial charge in [0.1, 0.15) is 12.2 Å². The smallest absolute Gasteiger partial charge is 0.147 e. The van der Waals surface area contributed by atoms with Gasteiger partial charge in [0.05, 0.1) is 12.5 Å². The summed E-state index contributed by atoms with van der Waals surface area (Å²) in [7, 11) is 0. The fourth-order valence-corrected chi connectivity index (χ4v) is 1.26. The van der Waals surface area contributed by atoms with Crippen molar-refractivity contribution in [2.45, 2.75) is 26.3 Å². The molecule has 0 saturated carbocycles. The molecule has 1 rings (SSSR count). The largest absolute Gasteiger partial charge is 0.379 e. The molecule has 4 nitrogen and oxygen atoms in total. The molecular weight excluding hydrogens is 202 g/mol. The van der Waals surface area contributed by atoms with Crippen LogP contribution >= 0.6 is 11.6 Å². The van der Waals surface area contributed by atoms with E-state index in [4.69, 9.17) is 16.3 Å². The number of hydrogen-bond donors (Lipinski definition) is 0. The Morgan fingerprint density at radius 3 is 3.00 bits per heavy atom. The molecule has 5 heteroatoms. The molecule has 14 heavy (non-hydrogen) atoms. The van der Waals surface area contributed by atoms with Crippen LogP contribution in [0.3, 0.4) is 0 Å². The molecule has 0 N–H and O–H groups in total. The van der Waals surface area contributed by atoms with Crippen LogP contribution in [0.1, 0.15) is 19.7 Å². The van der Waals surface area contributed by atoms with Crippen molar-refractivity contribution in [3.05, 3.63) is 12.2 Å². The van der Waals surface area contributed by atoms with Crippen molar-refractivity contribution in [1.29, 1.82) is 0 Å². The summed E-state index contributed by atoms with van der Waals surface area (Å²) in [6, 6.07) is 0. The number of rotatable bonds is 6. The lowest BCUT2D eigenvalue weighted by molar-refractivity contribution is 0.103. The molecule has 80 valence electrons. The van der Waals surface area contributed by atoms with Crippen LogP contribution in [0.2, 0.25) is 0 Å². The van der Waals surface area contributed by atoms with Crippen LogP contribution in [0.25, 0.3) is 0 Å². The first kappa shape index (κ1) is 11.5. The zero-order chi connectivity index (χ0) is 10.4. The van der Waals surface area contributed by atoms with Crippen molar-refractivity contribution in [3.8, 4) is 0 Å². The van der Waals surface area contributed by atoms with Crippen molar-refractivity contribution in [1.82, 2.24) is 14.8 Å². The molecule has 0 radical (unpaired) electrons. The summed E-state index contributed by atoms with van der Waals surface area (Å²) in [5.74, 6) is 1.76. The third-order valence-electron chi connectivity index (χ3n) is 1.74. The molecule has 1 aromatic heterocycles. The number of halogens is 1. The average molecular weight is 218 g/mol. The van der Waals surface area contributed by atoms with Crippen LogP contribution in [0.4, 0.5) is 0 Å². The van der Waals surface area contributed by atoms with Crippen LogP contribution < -0.4 is 0 Å². The van der Waals surface area contributed by atoms with Crippen molar-refractivity contribution in [2.24, 2.45) is 5.92 Å². The van der Waals surface area contributed by atoms with Gasteiger partial charge < -0.3 is 9.30 Å². The molecule has 0 aromatic carbocycles. The third kappa shape index (κ3) is 3.64. The fraction of sp³-hybridized carbons (Fsp3) is 0.778. The first-order valence-electron chi connectivity index (χ1n) is 4.74. The summed E-state index contributed by atoms with van der Waals surface area (Å²) in [4.78, 5) is 0. The van der Waals surface area contributed by atoms with Crippen LogP contribution in [0.5, 0.6) is 0 Å². The Labute approximate surface area is 89.2 Å². The number of alkyl halides is 1. The molecule has 0 amide bonds. The van der Waals surface area contributed by atoms with Gasteiger partial charge in [-0.3, -0.25) is 0 Å². The maximum atomic E-state index is 5.67. The van der Waals surface area contributed by atoms with Gasteiger partial charge >= 0.3 is 0 Å².